The van der Waals surface area contributed by atoms with Gasteiger partial charge in [0.2, 0.25) is 0 Å². The third-order valence-electron chi connectivity index (χ3n) is 4.70. The molecule has 8 nitrogen and oxygen atoms in total. The number of fused-ring (bicyclic) bond motifs is 1. The maximum Gasteiger partial charge on any atom is 0.358 e. The van der Waals surface area contributed by atoms with E-state index in [1.807, 2.05) is 22.9 Å². The Balaban J connectivity index is 1.51. The number of rotatable bonds is 5. The number of aromatic nitrogens is 4. The van der Waals surface area contributed by atoms with E-state index in [4.69, 9.17) is 9.47 Å². The smallest absolute Gasteiger partial charge is 0.358 e. The van der Waals surface area contributed by atoms with Crippen LogP contribution in [0.5, 0.6) is 11.5 Å². The zero-order chi connectivity index (χ0) is 19.5. The van der Waals surface area contributed by atoms with Crippen molar-refractivity contribution in [2.45, 2.75) is 13.0 Å². The molecule has 28 heavy (non-hydrogen) atoms. The van der Waals surface area contributed by atoms with E-state index in [-0.39, 0.29) is 11.6 Å². The van der Waals surface area contributed by atoms with Gasteiger partial charge in [0.15, 0.2) is 23.0 Å². The number of nitrogens with zero attached hydrogens (tertiary/aromatic N) is 4. The first-order valence-corrected chi connectivity index (χ1v) is 8.90. The molecule has 1 aliphatic heterocycles. The molecule has 0 radical (unpaired) electrons. The second kappa shape index (κ2) is 7.67. The molecule has 0 saturated carbocycles. The van der Waals surface area contributed by atoms with Crippen LogP contribution < -0.4 is 9.47 Å². The summed E-state index contributed by atoms with van der Waals surface area (Å²) in [5.41, 5.74) is 1.89. The quantitative estimate of drug-likeness (QED) is 0.628. The van der Waals surface area contributed by atoms with Crippen molar-refractivity contribution in [1.29, 1.82) is 0 Å². The molecule has 3 heterocycles. The SMILES string of the molecule is COC(=O)c1cnc(-c2nccn2CC2COc3c(cccc3OC)C2)cn1. The largest absolute Gasteiger partial charge is 0.493 e. The first kappa shape index (κ1) is 18.0. The zero-order valence-electron chi connectivity index (χ0n) is 15.7. The fourth-order valence-electron chi connectivity index (χ4n) is 3.36. The molecule has 1 atom stereocenters. The number of hydrogen-bond donors (Lipinski definition) is 0. The van der Waals surface area contributed by atoms with E-state index in [2.05, 4.69) is 25.8 Å². The van der Waals surface area contributed by atoms with Gasteiger partial charge in [0, 0.05) is 24.9 Å². The summed E-state index contributed by atoms with van der Waals surface area (Å²) in [5, 5.41) is 0. The van der Waals surface area contributed by atoms with Crippen molar-refractivity contribution in [2.75, 3.05) is 20.8 Å². The maximum absolute atomic E-state index is 11.5. The van der Waals surface area contributed by atoms with Crippen LogP contribution in [0.4, 0.5) is 0 Å². The van der Waals surface area contributed by atoms with Gasteiger partial charge in [-0.3, -0.25) is 0 Å². The number of hydrogen-bond acceptors (Lipinski definition) is 7. The van der Waals surface area contributed by atoms with Gasteiger partial charge < -0.3 is 18.8 Å². The van der Waals surface area contributed by atoms with Crippen LogP contribution in [0.1, 0.15) is 16.1 Å². The topological polar surface area (TPSA) is 88.4 Å². The van der Waals surface area contributed by atoms with Crippen molar-refractivity contribution in [3.05, 3.63) is 54.2 Å². The van der Waals surface area contributed by atoms with Crippen LogP contribution in [0.15, 0.2) is 43.0 Å². The molecule has 3 aromatic rings. The second-order valence-electron chi connectivity index (χ2n) is 6.51. The molecule has 1 aromatic carbocycles. The predicted octanol–water partition coefficient (Wildman–Crippen LogP) is 2.39. The van der Waals surface area contributed by atoms with Crippen LogP contribution in [0, 0.1) is 5.92 Å². The first-order valence-electron chi connectivity index (χ1n) is 8.90. The Morgan fingerprint density at radius 1 is 1.25 bits per heavy atom. The van der Waals surface area contributed by atoms with Gasteiger partial charge in [-0.25, -0.2) is 19.7 Å². The van der Waals surface area contributed by atoms with Crippen molar-refractivity contribution in [2.24, 2.45) is 5.92 Å². The molecule has 4 rings (SSSR count). The van der Waals surface area contributed by atoms with Gasteiger partial charge in [0.25, 0.3) is 0 Å². The number of para-hydroxylation sites is 1. The normalized spacial score (nSPS) is 15.4. The third kappa shape index (κ3) is 3.40. The van der Waals surface area contributed by atoms with Crippen LogP contribution in [-0.4, -0.2) is 46.3 Å². The number of carbonyl (C=O) groups is 1. The van der Waals surface area contributed by atoms with Gasteiger partial charge in [0.1, 0.15) is 5.69 Å². The Kier molecular flexibility index (Phi) is 4.92. The van der Waals surface area contributed by atoms with E-state index in [1.165, 1.54) is 19.5 Å². The Hall–Kier alpha value is -3.42. The molecule has 0 N–H and O–H groups in total. The second-order valence-corrected chi connectivity index (χ2v) is 6.51. The first-order chi connectivity index (χ1) is 13.7. The molecule has 2 aromatic heterocycles. The van der Waals surface area contributed by atoms with Crippen LogP contribution in [0.2, 0.25) is 0 Å². The van der Waals surface area contributed by atoms with Crippen molar-refractivity contribution in [3.8, 4) is 23.0 Å². The summed E-state index contributed by atoms with van der Waals surface area (Å²) in [5.74, 6) is 2.06. The minimum atomic E-state index is -0.518. The van der Waals surface area contributed by atoms with Gasteiger partial charge in [0.05, 0.1) is 33.2 Å². The van der Waals surface area contributed by atoms with Gasteiger partial charge in [-0.1, -0.05) is 12.1 Å². The molecule has 0 aliphatic carbocycles. The molecule has 0 fully saturated rings. The van der Waals surface area contributed by atoms with E-state index in [1.54, 1.807) is 13.3 Å². The lowest BCUT2D eigenvalue weighted by Crippen LogP contribution is -2.25. The fourth-order valence-corrected chi connectivity index (χ4v) is 3.36. The minimum absolute atomic E-state index is 0.163. The average molecular weight is 380 g/mol. The van der Waals surface area contributed by atoms with Crippen LogP contribution in [0.25, 0.3) is 11.5 Å². The monoisotopic (exact) mass is 380 g/mol. The van der Waals surface area contributed by atoms with Crippen LogP contribution in [-0.2, 0) is 17.7 Å². The molecule has 0 saturated heterocycles. The van der Waals surface area contributed by atoms with E-state index in [0.29, 0.717) is 18.1 Å². The number of imidazole rings is 1. The average Bonchev–Trinajstić information content (AvgIpc) is 3.20. The highest BCUT2D eigenvalue weighted by molar-refractivity contribution is 5.86. The minimum Gasteiger partial charge on any atom is -0.493 e. The number of carbonyl (C=O) groups excluding carboxylic acids is 1. The van der Waals surface area contributed by atoms with Gasteiger partial charge in [-0.05, 0) is 18.1 Å². The van der Waals surface area contributed by atoms with Crippen molar-refractivity contribution < 1.29 is 19.0 Å². The molecule has 8 heteroatoms. The lowest BCUT2D eigenvalue weighted by atomic mass is 9.96. The number of esters is 1. The lowest BCUT2D eigenvalue weighted by molar-refractivity contribution is 0.0593. The molecule has 144 valence electrons. The predicted molar refractivity (Wildman–Crippen MR) is 100 cm³/mol. The molecule has 0 amide bonds. The Morgan fingerprint density at radius 2 is 2.14 bits per heavy atom. The molecular weight excluding hydrogens is 360 g/mol. The Bertz CT molecular complexity index is 984. The summed E-state index contributed by atoms with van der Waals surface area (Å²) in [4.78, 5) is 24.3. The summed E-state index contributed by atoms with van der Waals surface area (Å²) in [6.45, 7) is 1.32. The highest BCUT2D eigenvalue weighted by Gasteiger charge is 2.24. The van der Waals surface area contributed by atoms with Crippen LogP contribution >= 0.6 is 0 Å². The van der Waals surface area contributed by atoms with E-state index >= 15 is 0 Å². The highest BCUT2D eigenvalue weighted by atomic mass is 16.5. The third-order valence-corrected chi connectivity index (χ3v) is 4.70. The van der Waals surface area contributed by atoms with E-state index in [9.17, 15) is 4.79 Å². The fraction of sp³-hybridized carbons (Fsp3) is 0.300. The number of ether oxygens (including phenoxy) is 3. The zero-order valence-corrected chi connectivity index (χ0v) is 15.7. The number of benzene rings is 1. The Morgan fingerprint density at radius 3 is 2.89 bits per heavy atom. The summed E-state index contributed by atoms with van der Waals surface area (Å²) in [6, 6.07) is 5.95. The van der Waals surface area contributed by atoms with Crippen LogP contribution in [0.3, 0.4) is 0 Å². The standard InChI is InChI=1S/C20H20N4O4/c1-26-17-5-3-4-14-8-13(12-28-18(14)17)11-24-7-6-21-19(24)15-9-23-16(10-22-15)20(25)27-2/h3-7,9-10,13H,8,11-12H2,1-2H3. The highest BCUT2D eigenvalue weighted by Crippen LogP contribution is 2.36. The summed E-state index contributed by atoms with van der Waals surface area (Å²) in [6.07, 6.45) is 7.45. The van der Waals surface area contributed by atoms with E-state index in [0.717, 1.165) is 30.0 Å². The van der Waals surface area contributed by atoms with Gasteiger partial charge in [-0.2, -0.15) is 0 Å². The van der Waals surface area contributed by atoms with Crippen molar-refractivity contribution >= 4 is 5.97 Å². The Labute approximate surface area is 162 Å². The maximum atomic E-state index is 11.5. The molecule has 0 bridgehead atoms. The summed E-state index contributed by atoms with van der Waals surface area (Å²) in [7, 11) is 2.96. The summed E-state index contributed by atoms with van der Waals surface area (Å²) < 4.78 is 18.0. The van der Waals surface area contributed by atoms with Gasteiger partial charge >= 0.3 is 5.97 Å². The van der Waals surface area contributed by atoms with E-state index < -0.39 is 5.97 Å². The summed E-state index contributed by atoms with van der Waals surface area (Å²) >= 11 is 0. The van der Waals surface area contributed by atoms with Crippen molar-refractivity contribution in [3.63, 3.8) is 0 Å². The molecular formula is C20H20N4O4. The molecule has 0 spiro atoms. The molecule has 1 unspecified atom stereocenters. The molecule has 1 aliphatic rings. The number of methoxy groups -OCH3 is 2. The lowest BCUT2D eigenvalue weighted by Gasteiger charge is -2.27. The van der Waals surface area contributed by atoms with Crippen molar-refractivity contribution in [1.82, 2.24) is 19.5 Å². The van der Waals surface area contributed by atoms with Gasteiger partial charge in [-0.15, -0.1) is 0 Å².